The minimum Gasteiger partial charge on any atom is -0.496 e. The molecule has 2 fully saturated rings. The number of benzene rings is 4. The third kappa shape index (κ3) is 9.75. The second kappa shape index (κ2) is 18.1. The summed E-state index contributed by atoms with van der Waals surface area (Å²) in [7, 11) is 3.18. The van der Waals surface area contributed by atoms with E-state index in [4.69, 9.17) is 38.0 Å². The molecule has 0 bridgehead atoms. The Morgan fingerprint density at radius 1 is 0.745 bits per heavy atom. The average Bonchev–Trinajstić information content (AvgIpc) is 3.19. The highest BCUT2D eigenvalue weighted by atomic mass is 16.7. The molecular weight excluding hydrogens is 698 g/mol. The Labute approximate surface area is 326 Å². The van der Waals surface area contributed by atoms with Gasteiger partial charge in [0.15, 0.2) is 19.4 Å². The van der Waals surface area contributed by atoms with Gasteiger partial charge in [0.05, 0.1) is 33.5 Å². The predicted molar refractivity (Wildman–Crippen MR) is 212 cm³/mol. The van der Waals surface area contributed by atoms with Crippen molar-refractivity contribution in [2.24, 2.45) is 10.8 Å². The molecule has 4 aromatic rings. The summed E-state index contributed by atoms with van der Waals surface area (Å²) in [5, 5.41) is 13.8. The molecule has 2 heterocycles. The van der Waals surface area contributed by atoms with Gasteiger partial charge in [-0.25, -0.2) is 0 Å². The van der Waals surface area contributed by atoms with Crippen LogP contribution in [0.25, 0.3) is 0 Å². The maximum atomic E-state index is 13.8. The number of aliphatic hydroxyl groups is 1. The van der Waals surface area contributed by atoms with E-state index in [0.29, 0.717) is 61.2 Å². The first kappa shape index (κ1) is 41.9. The maximum absolute atomic E-state index is 13.8. The molecule has 6 rings (SSSR count). The number of ether oxygens (including phenoxy) is 7. The summed E-state index contributed by atoms with van der Waals surface area (Å²) in [5.41, 5.74) is 3.18. The van der Waals surface area contributed by atoms with Gasteiger partial charge in [0, 0.05) is 58.5 Å². The van der Waals surface area contributed by atoms with Gasteiger partial charge in [0.2, 0.25) is 0 Å². The molecule has 0 spiro atoms. The van der Waals surface area contributed by atoms with Gasteiger partial charge < -0.3 is 48.0 Å². The summed E-state index contributed by atoms with van der Waals surface area (Å²) in [6.07, 6.45) is -1.25. The zero-order chi connectivity index (χ0) is 39.8. The molecule has 0 aromatic heterocycles. The lowest BCUT2D eigenvalue weighted by Crippen LogP contribution is -2.35. The Morgan fingerprint density at radius 3 is 1.78 bits per heavy atom. The molecule has 2 aliphatic heterocycles. The number of anilines is 1. The number of carbonyl (C=O) groups is 1. The lowest BCUT2D eigenvalue weighted by Gasteiger charge is -2.38. The van der Waals surface area contributed by atoms with Crippen molar-refractivity contribution < 1.29 is 43.1 Å². The molecule has 1 N–H and O–H groups in total. The fourth-order valence-electron chi connectivity index (χ4n) is 6.87. The van der Waals surface area contributed by atoms with Crippen LogP contribution in [0.15, 0.2) is 91.0 Å². The summed E-state index contributed by atoms with van der Waals surface area (Å²) in [5.74, 6) is 0.918. The largest absolute Gasteiger partial charge is 0.496 e. The van der Waals surface area contributed by atoms with E-state index >= 15 is 0 Å². The number of nitrogens with zero attached hydrogens (tertiary/aromatic N) is 1. The maximum Gasteiger partial charge on any atom is 0.188 e. The number of methoxy groups -OCH3 is 2. The number of hydrogen-bond donors (Lipinski definition) is 1. The molecule has 296 valence electrons. The van der Waals surface area contributed by atoms with Crippen molar-refractivity contribution in [3.8, 4) is 11.5 Å². The summed E-state index contributed by atoms with van der Waals surface area (Å²) in [6.45, 7) is 17.6. The Bertz CT molecular complexity index is 1830. The molecule has 2 saturated heterocycles. The van der Waals surface area contributed by atoms with Crippen molar-refractivity contribution in [3.05, 3.63) is 124 Å². The van der Waals surface area contributed by atoms with E-state index < -0.39 is 18.2 Å². The summed E-state index contributed by atoms with van der Waals surface area (Å²) < 4.78 is 42.6. The Hall–Kier alpha value is -4.29. The van der Waals surface area contributed by atoms with E-state index in [9.17, 15) is 5.11 Å². The Balaban J connectivity index is 0.00000285. The highest BCUT2D eigenvalue weighted by Crippen LogP contribution is 2.48. The monoisotopic (exact) mass is 755 g/mol. The van der Waals surface area contributed by atoms with Crippen LogP contribution in [-0.4, -0.2) is 65.4 Å². The van der Waals surface area contributed by atoms with Gasteiger partial charge in [-0.3, -0.25) is 0 Å². The van der Waals surface area contributed by atoms with Crippen LogP contribution >= 0.6 is 0 Å². The second-order valence-electron chi connectivity index (χ2n) is 16.0. The molecule has 1 unspecified atom stereocenters. The number of hydrogen-bond acceptors (Lipinski definition) is 10. The quantitative estimate of drug-likeness (QED) is 0.106. The van der Waals surface area contributed by atoms with Crippen molar-refractivity contribution in [2.45, 2.75) is 72.3 Å². The first-order valence-corrected chi connectivity index (χ1v) is 18.7. The Kier molecular flexibility index (Phi) is 13.8. The van der Waals surface area contributed by atoms with Crippen LogP contribution in [0.5, 0.6) is 11.5 Å². The van der Waals surface area contributed by atoms with Gasteiger partial charge in [0.25, 0.3) is 0 Å². The summed E-state index contributed by atoms with van der Waals surface area (Å²) in [4.78, 5) is 10.3. The molecule has 10 nitrogen and oxygen atoms in total. The normalized spacial score (nSPS) is 18.1. The lowest BCUT2D eigenvalue weighted by molar-refractivity contribution is -0.226. The third-order valence-corrected chi connectivity index (χ3v) is 9.80. The van der Waals surface area contributed by atoms with Crippen molar-refractivity contribution in [1.29, 1.82) is 0 Å². The van der Waals surface area contributed by atoms with E-state index in [0.717, 1.165) is 16.8 Å². The lowest BCUT2D eigenvalue weighted by atomic mass is 9.78. The molecule has 2 aliphatic rings. The number of carbonyl (C=O) groups excluding carboxylic acids is 1. The van der Waals surface area contributed by atoms with Crippen LogP contribution in [0.3, 0.4) is 0 Å². The molecular formula is C45H57NO9. The zero-order valence-corrected chi connectivity index (χ0v) is 33.5. The predicted octanol–water partition coefficient (Wildman–Crippen LogP) is 8.34. The SMILES string of the molecule is C=O.COCOc1ccc(C2OCC(C)(C)CO2)cc1C(O)(c1cccc(N(Cc2ccccc2)C(C)C)c1)c1cc(C2OCC(C)(C)CO2)ccc1OC. The summed E-state index contributed by atoms with van der Waals surface area (Å²) in [6, 6.07) is 30.0. The average molecular weight is 756 g/mol. The molecule has 0 amide bonds. The first-order valence-electron chi connectivity index (χ1n) is 18.7. The van der Waals surface area contributed by atoms with E-state index in [1.165, 1.54) is 5.56 Å². The fourth-order valence-corrected chi connectivity index (χ4v) is 6.87. The van der Waals surface area contributed by atoms with Crippen LogP contribution in [-0.2, 0) is 40.6 Å². The van der Waals surface area contributed by atoms with Gasteiger partial charge >= 0.3 is 0 Å². The first-order chi connectivity index (χ1) is 26.3. The highest BCUT2D eigenvalue weighted by molar-refractivity contribution is 5.61. The van der Waals surface area contributed by atoms with Crippen molar-refractivity contribution in [2.75, 3.05) is 52.3 Å². The second-order valence-corrected chi connectivity index (χ2v) is 16.0. The molecule has 0 aliphatic carbocycles. The standard InChI is InChI=1S/C44H55NO8.CH2O/c1-30(2)45(24-31-13-10-9-11-14-31)35-16-12-15-34(23-35)44(46,36-21-32(17-19-38(36)48-8)40-49-25-42(3,4)26-50-40)37-22-33(18-20-39(37)53-29-47-7)41-51-27-43(5,6)28-52-41;1-2/h9-23,30,40-41,46H,24-29H2,1-8H3;1H2. The van der Waals surface area contributed by atoms with E-state index in [-0.39, 0.29) is 23.7 Å². The molecule has 55 heavy (non-hydrogen) atoms. The minimum absolute atomic E-state index is 0.0258. The molecule has 0 radical (unpaired) electrons. The van der Waals surface area contributed by atoms with E-state index in [1.807, 2.05) is 67.5 Å². The molecule has 0 saturated carbocycles. The van der Waals surface area contributed by atoms with Crippen molar-refractivity contribution in [1.82, 2.24) is 0 Å². The Morgan fingerprint density at radius 2 is 1.27 bits per heavy atom. The fraction of sp³-hybridized carbons (Fsp3) is 0.444. The van der Waals surface area contributed by atoms with Crippen LogP contribution in [0.4, 0.5) is 5.69 Å². The number of rotatable bonds is 13. The van der Waals surface area contributed by atoms with Crippen molar-refractivity contribution in [3.63, 3.8) is 0 Å². The smallest absolute Gasteiger partial charge is 0.188 e. The van der Waals surface area contributed by atoms with Crippen LogP contribution in [0.1, 0.15) is 87.5 Å². The molecule has 10 heteroatoms. The zero-order valence-electron chi connectivity index (χ0n) is 33.5. The van der Waals surface area contributed by atoms with Gasteiger partial charge in [-0.15, -0.1) is 0 Å². The van der Waals surface area contributed by atoms with Gasteiger partial charge in [-0.1, -0.05) is 82.3 Å². The van der Waals surface area contributed by atoms with E-state index in [2.05, 4.69) is 76.8 Å². The van der Waals surface area contributed by atoms with Crippen LogP contribution in [0, 0.1) is 10.8 Å². The van der Waals surface area contributed by atoms with Gasteiger partial charge in [-0.05, 0) is 61.4 Å². The van der Waals surface area contributed by atoms with E-state index in [1.54, 1.807) is 14.2 Å². The third-order valence-electron chi connectivity index (χ3n) is 9.80. The van der Waals surface area contributed by atoms with Crippen LogP contribution < -0.4 is 14.4 Å². The molecule has 4 aromatic carbocycles. The minimum atomic E-state index is -1.83. The molecule has 1 atom stereocenters. The topological polar surface area (TPSA) is 105 Å². The van der Waals surface area contributed by atoms with Gasteiger partial charge in [-0.2, -0.15) is 0 Å². The van der Waals surface area contributed by atoms with Crippen molar-refractivity contribution >= 4 is 12.5 Å². The van der Waals surface area contributed by atoms with Gasteiger partial charge in [0.1, 0.15) is 23.9 Å². The highest BCUT2D eigenvalue weighted by Gasteiger charge is 2.42. The summed E-state index contributed by atoms with van der Waals surface area (Å²) >= 11 is 0. The van der Waals surface area contributed by atoms with Crippen LogP contribution in [0.2, 0.25) is 0 Å².